The Morgan fingerprint density at radius 3 is 2.48 bits per heavy atom. The van der Waals surface area contributed by atoms with Crippen LogP contribution >= 0.6 is 0 Å². The minimum absolute atomic E-state index is 0.00196. The normalized spacial score (nSPS) is 12.0. The molecule has 0 fully saturated rings. The van der Waals surface area contributed by atoms with Crippen molar-refractivity contribution in [1.29, 1.82) is 0 Å². The summed E-state index contributed by atoms with van der Waals surface area (Å²) in [6, 6.07) is 14.0. The van der Waals surface area contributed by atoms with Crippen LogP contribution in [0.5, 0.6) is 11.5 Å². The first kappa shape index (κ1) is 15.4. The van der Waals surface area contributed by atoms with Crippen molar-refractivity contribution in [3.05, 3.63) is 59.2 Å². The molecule has 0 spiro atoms. The van der Waals surface area contributed by atoms with Crippen molar-refractivity contribution in [2.24, 2.45) is 5.73 Å². The van der Waals surface area contributed by atoms with Crippen LogP contribution < -0.4 is 15.2 Å². The van der Waals surface area contributed by atoms with Gasteiger partial charge in [0.25, 0.3) is 0 Å². The summed E-state index contributed by atoms with van der Waals surface area (Å²) < 4.78 is 11.6. The molecule has 1 unspecified atom stereocenters. The molecule has 112 valence electrons. The molecule has 0 aliphatic heterocycles. The predicted molar refractivity (Wildman–Crippen MR) is 85.7 cm³/mol. The zero-order chi connectivity index (χ0) is 15.2. The molecule has 3 nitrogen and oxygen atoms in total. The van der Waals surface area contributed by atoms with Crippen LogP contribution in [-0.4, -0.2) is 6.61 Å². The van der Waals surface area contributed by atoms with E-state index in [2.05, 4.69) is 6.07 Å². The van der Waals surface area contributed by atoms with Crippen LogP contribution in [0.25, 0.3) is 0 Å². The Balaban J connectivity index is 2.20. The summed E-state index contributed by atoms with van der Waals surface area (Å²) in [6.45, 7) is 7.10. The van der Waals surface area contributed by atoms with Crippen molar-refractivity contribution in [2.45, 2.75) is 33.4 Å². The molecule has 0 aliphatic carbocycles. The van der Waals surface area contributed by atoms with E-state index in [0.29, 0.717) is 13.2 Å². The van der Waals surface area contributed by atoms with Crippen molar-refractivity contribution < 1.29 is 9.47 Å². The summed E-state index contributed by atoms with van der Waals surface area (Å²) in [5.74, 6) is 1.75. The predicted octanol–water partition coefficient (Wildman–Crippen LogP) is 3.99. The summed E-state index contributed by atoms with van der Waals surface area (Å²) in [5, 5.41) is 0. The van der Waals surface area contributed by atoms with Crippen LogP contribution in [-0.2, 0) is 6.61 Å². The Morgan fingerprint density at radius 1 is 1.05 bits per heavy atom. The SMILES string of the molecule is CCOc1ccc(C(C)N)cc1COc1ccccc1C. The van der Waals surface area contributed by atoms with Crippen LogP contribution in [0.4, 0.5) is 0 Å². The number of nitrogens with two attached hydrogens (primary N) is 1. The first-order valence-corrected chi connectivity index (χ1v) is 7.31. The third-order valence-electron chi connectivity index (χ3n) is 3.39. The number of aryl methyl sites for hydroxylation is 1. The molecule has 2 aromatic carbocycles. The zero-order valence-corrected chi connectivity index (χ0v) is 12.9. The van der Waals surface area contributed by atoms with Crippen LogP contribution in [0, 0.1) is 6.92 Å². The molecule has 0 aliphatic rings. The average Bonchev–Trinajstić information content (AvgIpc) is 2.47. The molecule has 0 radical (unpaired) electrons. The van der Waals surface area contributed by atoms with Gasteiger partial charge in [-0.3, -0.25) is 0 Å². The quantitative estimate of drug-likeness (QED) is 0.872. The molecule has 0 saturated carbocycles. The number of hydrogen-bond donors (Lipinski definition) is 1. The molecule has 2 N–H and O–H groups in total. The minimum Gasteiger partial charge on any atom is -0.493 e. The van der Waals surface area contributed by atoms with E-state index < -0.39 is 0 Å². The summed E-state index contributed by atoms with van der Waals surface area (Å²) in [7, 11) is 0. The topological polar surface area (TPSA) is 44.5 Å². The first-order chi connectivity index (χ1) is 10.1. The van der Waals surface area contributed by atoms with E-state index in [0.717, 1.165) is 28.2 Å². The molecule has 0 saturated heterocycles. The minimum atomic E-state index is -0.00196. The van der Waals surface area contributed by atoms with Crippen molar-refractivity contribution >= 4 is 0 Å². The number of hydrogen-bond acceptors (Lipinski definition) is 3. The molecule has 2 aromatic rings. The van der Waals surface area contributed by atoms with Gasteiger partial charge in [-0.25, -0.2) is 0 Å². The Hall–Kier alpha value is -2.00. The van der Waals surface area contributed by atoms with Crippen molar-refractivity contribution in [1.82, 2.24) is 0 Å². The van der Waals surface area contributed by atoms with Gasteiger partial charge in [-0.2, -0.15) is 0 Å². The van der Waals surface area contributed by atoms with Gasteiger partial charge in [-0.15, -0.1) is 0 Å². The van der Waals surface area contributed by atoms with E-state index in [1.54, 1.807) is 0 Å². The molecule has 0 amide bonds. The number of rotatable bonds is 6. The van der Waals surface area contributed by atoms with Gasteiger partial charge in [0, 0.05) is 11.6 Å². The number of ether oxygens (including phenoxy) is 2. The third-order valence-corrected chi connectivity index (χ3v) is 3.39. The lowest BCUT2D eigenvalue weighted by molar-refractivity contribution is 0.284. The summed E-state index contributed by atoms with van der Waals surface area (Å²) in [4.78, 5) is 0. The van der Waals surface area contributed by atoms with E-state index in [9.17, 15) is 0 Å². The van der Waals surface area contributed by atoms with Crippen LogP contribution in [0.15, 0.2) is 42.5 Å². The van der Waals surface area contributed by atoms with Gasteiger partial charge in [0.1, 0.15) is 18.1 Å². The van der Waals surface area contributed by atoms with E-state index >= 15 is 0 Å². The molecule has 1 atom stereocenters. The van der Waals surface area contributed by atoms with Gasteiger partial charge >= 0.3 is 0 Å². The lowest BCUT2D eigenvalue weighted by atomic mass is 10.1. The van der Waals surface area contributed by atoms with E-state index in [4.69, 9.17) is 15.2 Å². The zero-order valence-electron chi connectivity index (χ0n) is 12.9. The highest BCUT2D eigenvalue weighted by Gasteiger charge is 2.09. The average molecular weight is 285 g/mol. The maximum atomic E-state index is 5.96. The summed E-state index contributed by atoms with van der Waals surface area (Å²) in [6.07, 6.45) is 0. The standard InChI is InChI=1S/C18H23NO2/c1-4-20-18-10-9-15(14(3)19)11-16(18)12-21-17-8-6-5-7-13(17)2/h5-11,14H,4,12,19H2,1-3H3. The van der Waals surface area contributed by atoms with E-state index in [1.807, 2.05) is 57.2 Å². The van der Waals surface area contributed by atoms with Gasteiger partial charge in [0.15, 0.2) is 0 Å². The maximum Gasteiger partial charge on any atom is 0.125 e. The lowest BCUT2D eigenvalue weighted by Gasteiger charge is -2.15. The number of benzene rings is 2. The molecule has 2 rings (SSSR count). The molecular weight excluding hydrogens is 262 g/mol. The highest BCUT2D eigenvalue weighted by atomic mass is 16.5. The van der Waals surface area contributed by atoms with Gasteiger partial charge in [0.05, 0.1) is 6.61 Å². The fraction of sp³-hybridized carbons (Fsp3) is 0.333. The molecule has 0 heterocycles. The second kappa shape index (κ2) is 7.14. The van der Waals surface area contributed by atoms with E-state index in [1.165, 1.54) is 0 Å². The van der Waals surface area contributed by atoms with Crippen molar-refractivity contribution in [3.63, 3.8) is 0 Å². The maximum absolute atomic E-state index is 5.96. The number of para-hydroxylation sites is 1. The van der Waals surface area contributed by atoms with Crippen LogP contribution in [0.2, 0.25) is 0 Å². The fourth-order valence-corrected chi connectivity index (χ4v) is 2.17. The van der Waals surface area contributed by atoms with Gasteiger partial charge < -0.3 is 15.2 Å². The molecular formula is C18H23NO2. The Labute approximate surface area is 126 Å². The Morgan fingerprint density at radius 2 is 1.81 bits per heavy atom. The second-order valence-corrected chi connectivity index (χ2v) is 5.14. The largest absolute Gasteiger partial charge is 0.493 e. The molecule has 3 heteroatoms. The Bertz CT molecular complexity index is 594. The van der Waals surface area contributed by atoms with Crippen molar-refractivity contribution in [3.8, 4) is 11.5 Å². The highest BCUT2D eigenvalue weighted by molar-refractivity contribution is 5.39. The smallest absolute Gasteiger partial charge is 0.125 e. The monoisotopic (exact) mass is 285 g/mol. The third kappa shape index (κ3) is 3.99. The molecule has 21 heavy (non-hydrogen) atoms. The molecule has 0 bridgehead atoms. The van der Waals surface area contributed by atoms with Gasteiger partial charge in [-0.05, 0) is 50.1 Å². The Kier molecular flexibility index (Phi) is 5.23. The molecule has 0 aromatic heterocycles. The first-order valence-electron chi connectivity index (χ1n) is 7.31. The van der Waals surface area contributed by atoms with Crippen LogP contribution in [0.1, 0.15) is 36.6 Å². The van der Waals surface area contributed by atoms with Crippen LogP contribution in [0.3, 0.4) is 0 Å². The van der Waals surface area contributed by atoms with Crippen molar-refractivity contribution in [2.75, 3.05) is 6.61 Å². The van der Waals surface area contributed by atoms with Gasteiger partial charge in [0.2, 0.25) is 0 Å². The highest BCUT2D eigenvalue weighted by Crippen LogP contribution is 2.25. The lowest BCUT2D eigenvalue weighted by Crippen LogP contribution is -2.08. The second-order valence-electron chi connectivity index (χ2n) is 5.14. The van der Waals surface area contributed by atoms with E-state index in [-0.39, 0.29) is 6.04 Å². The summed E-state index contributed by atoms with van der Waals surface area (Å²) >= 11 is 0. The fourth-order valence-electron chi connectivity index (χ4n) is 2.17. The summed E-state index contributed by atoms with van der Waals surface area (Å²) in [5.41, 5.74) is 9.19. The van der Waals surface area contributed by atoms with Gasteiger partial charge in [-0.1, -0.05) is 24.3 Å².